The van der Waals surface area contributed by atoms with E-state index in [9.17, 15) is 0 Å². The summed E-state index contributed by atoms with van der Waals surface area (Å²) >= 11 is 0. The van der Waals surface area contributed by atoms with Crippen LogP contribution in [0.15, 0.2) is 127 Å². The first-order valence-electron chi connectivity index (χ1n) is 19.9. The summed E-state index contributed by atoms with van der Waals surface area (Å²) in [5.74, 6) is 0.724. The lowest BCUT2D eigenvalue weighted by Gasteiger charge is -2.22. The van der Waals surface area contributed by atoms with Crippen LogP contribution in [0.2, 0.25) is 0 Å². The van der Waals surface area contributed by atoms with E-state index >= 15 is 0 Å². The number of ether oxygens (including phenoxy) is 1. The Morgan fingerprint density at radius 3 is 1.57 bits per heavy atom. The second-order valence-electron chi connectivity index (χ2n) is 19.4. The number of nitrogens with zero attached hydrogens (tertiary/aromatic N) is 2. The summed E-state index contributed by atoms with van der Waals surface area (Å²) in [6.07, 6.45) is 4.19. The molecule has 0 saturated heterocycles. The number of rotatable bonds is 7. The molecule has 0 N–H and O–H groups in total. The van der Waals surface area contributed by atoms with Crippen LogP contribution >= 0.6 is 0 Å². The Labute approximate surface area is 336 Å². The van der Waals surface area contributed by atoms with Gasteiger partial charge in [0.05, 0.1) is 29.5 Å². The van der Waals surface area contributed by atoms with Gasteiger partial charge in [-0.2, -0.15) is 0 Å². The SMILES string of the molecule is C=C(/C=C(\C(=C\c1ccc2ccc3ccc(-c4cc(-c5ccc(C(C)(C)C)cc5)cc(C(C)(C)C)c4)nc3c2n1)OC)c1ccc(C(C)(C)C)cc1)C(C)(C)C. The van der Waals surface area contributed by atoms with Crippen LogP contribution in [0, 0.1) is 5.41 Å². The second-order valence-corrected chi connectivity index (χ2v) is 19.4. The van der Waals surface area contributed by atoms with E-state index in [0.717, 1.165) is 61.2 Å². The number of methoxy groups -OCH3 is 1. The Bertz CT molecular complexity index is 2470. The fraction of sp³-hybridized carbons (Fsp3) is 0.321. The average Bonchev–Trinajstić information content (AvgIpc) is 3.14. The highest BCUT2D eigenvalue weighted by Gasteiger charge is 2.21. The van der Waals surface area contributed by atoms with Crippen molar-refractivity contribution in [3.05, 3.63) is 155 Å². The lowest BCUT2D eigenvalue weighted by atomic mass is 9.83. The van der Waals surface area contributed by atoms with Gasteiger partial charge in [-0.3, -0.25) is 0 Å². The maximum Gasteiger partial charge on any atom is 0.128 e. The third kappa shape index (κ3) is 8.89. The molecule has 56 heavy (non-hydrogen) atoms. The normalized spacial score (nSPS) is 13.4. The summed E-state index contributed by atoms with van der Waals surface area (Å²) in [5.41, 5.74) is 13.9. The highest BCUT2D eigenvalue weighted by atomic mass is 16.5. The second kappa shape index (κ2) is 15.0. The molecule has 0 radical (unpaired) electrons. The van der Waals surface area contributed by atoms with Crippen molar-refractivity contribution in [3.63, 3.8) is 0 Å². The van der Waals surface area contributed by atoms with Crippen LogP contribution < -0.4 is 0 Å². The third-order valence-corrected chi connectivity index (χ3v) is 10.8. The van der Waals surface area contributed by atoms with E-state index in [-0.39, 0.29) is 21.7 Å². The topological polar surface area (TPSA) is 35.0 Å². The van der Waals surface area contributed by atoms with Crippen LogP contribution in [0.25, 0.3) is 55.8 Å². The first-order chi connectivity index (χ1) is 26.1. The monoisotopic (exact) mass is 740 g/mol. The predicted octanol–water partition coefficient (Wildman–Crippen LogP) is 14.7. The Morgan fingerprint density at radius 1 is 0.536 bits per heavy atom. The first-order valence-corrected chi connectivity index (χ1v) is 19.9. The van der Waals surface area contributed by atoms with Crippen LogP contribution in [-0.4, -0.2) is 17.1 Å². The third-order valence-electron chi connectivity index (χ3n) is 10.8. The van der Waals surface area contributed by atoms with Crippen LogP contribution in [0.4, 0.5) is 0 Å². The molecule has 0 bridgehead atoms. The molecule has 2 aromatic heterocycles. The van der Waals surface area contributed by atoms with Crippen molar-refractivity contribution in [2.75, 3.05) is 7.11 Å². The van der Waals surface area contributed by atoms with Crippen molar-refractivity contribution in [2.45, 2.75) is 99.3 Å². The quantitative estimate of drug-likeness (QED) is 0.0929. The summed E-state index contributed by atoms with van der Waals surface area (Å²) in [6.45, 7) is 31.3. The number of fused-ring (bicyclic) bond motifs is 3. The van der Waals surface area contributed by atoms with Gasteiger partial charge in [-0.05, 0) is 91.0 Å². The number of hydrogen-bond acceptors (Lipinski definition) is 3. The van der Waals surface area contributed by atoms with E-state index < -0.39 is 0 Å². The standard InChI is InChI=1S/C53H60N2O/c1-34(50(2,3)4)29-45(36-19-25-42(26-20-36)52(8,9)10)47(56-14)33-44-27-21-37-15-16-38-22-28-46(55-49(38)48(37)54-44)40-30-39(31-43(32-40)53(11,12)13)35-17-23-41(24-18-35)51(5,6)7/h15-33H,1H2,2-14H3/b45-29-,47-33-. The summed E-state index contributed by atoms with van der Waals surface area (Å²) < 4.78 is 6.16. The van der Waals surface area contributed by atoms with Gasteiger partial charge in [-0.1, -0.05) is 169 Å². The molecule has 3 nitrogen and oxygen atoms in total. The van der Waals surface area contributed by atoms with Gasteiger partial charge >= 0.3 is 0 Å². The zero-order chi connectivity index (χ0) is 40.8. The van der Waals surface area contributed by atoms with Gasteiger partial charge < -0.3 is 4.74 Å². The lowest BCUT2D eigenvalue weighted by Crippen LogP contribution is -2.11. The zero-order valence-corrected chi connectivity index (χ0v) is 36.0. The molecule has 0 aliphatic heterocycles. The molecular formula is C53H60N2O. The van der Waals surface area contributed by atoms with E-state index in [1.54, 1.807) is 7.11 Å². The van der Waals surface area contributed by atoms with Crippen molar-refractivity contribution in [3.8, 4) is 22.4 Å². The highest BCUT2D eigenvalue weighted by molar-refractivity contribution is 6.04. The van der Waals surface area contributed by atoms with Crippen molar-refractivity contribution in [1.29, 1.82) is 0 Å². The van der Waals surface area contributed by atoms with Gasteiger partial charge in [0.15, 0.2) is 0 Å². The van der Waals surface area contributed by atoms with E-state index in [4.69, 9.17) is 14.7 Å². The summed E-state index contributed by atoms with van der Waals surface area (Å²) in [7, 11) is 1.73. The van der Waals surface area contributed by atoms with Crippen molar-refractivity contribution in [1.82, 2.24) is 9.97 Å². The van der Waals surface area contributed by atoms with Gasteiger partial charge in [0.25, 0.3) is 0 Å². The molecule has 0 aliphatic carbocycles. The predicted molar refractivity (Wildman–Crippen MR) is 242 cm³/mol. The molecule has 0 atom stereocenters. The average molecular weight is 741 g/mol. The molecule has 2 heterocycles. The molecule has 0 unspecified atom stereocenters. The molecule has 4 aromatic carbocycles. The minimum atomic E-state index is -0.108. The van der Waals surface area contributed by atoms with Crippen molar-refractivity contribution < 1.29 is 4.74 Å². The Hall–Kier alpha value is -5.28. The molecular weight excluding hydrogens is 681 g/mol. The van der Waals surface area contributed by atoms with Gasteiger partial charge in [-0.15, -0.1) is 0 Å². The van der Waals surface area contributed by atoms with Gasteiger partial charge in [0.1, 0.15) is 5.76 Å². The van der Waals surface area contributed by atoms with Crippen LogP contribution in [0.1, 0.15) is 111 Å². The number of aromatic nitrogens is 2. The van der Waals surface area contributed by atoms with E-state index in [2.05, 4.69) is 199 Å². The molecule has 288 valence electrons. The van der Waals surface area contributed by atoms with Crippen molar-refractivity contribution in [2.24, 2.45) is 5.41 Å². The lowest BCUT2D eigenvalue weighted by molar-refractivity contribution is 0.314. The Morgan fingerprint density at radius 2 is 1.04 bits per heavy atom. The Kier molecular flexibility index (Phi) is 10.8. The molecule has 0 spiro atoms. The smallest absolute Gasteiger partial charge is 0.128 e. The van der Waals surface area contributed by atoms with E-state index in [0.29, 0.717) is 0 Å². The summed E-state index contributed by atoms with van der Waals surface area (Å²) in [5, 5.41) is 2.09. The number of benzene rings is 4. The number of pyridine rings is 2. The van der Waals surface area contributed by atoms with Gasteiger partial charge in [-0.25, -0.2) is 9.97 Å². The minimum absolute atomic E-state index is 0.0390. The summed E-state index contributed by atoms with van der Waals surface area (Å²) in [6, 6.07) is 37.5. The Balaban J connectivity index is 1.47. The maximum absolute atomic E-state index is 6.16. The molecule has 6 aromatic rings. The van der Waals surface area contributed by atoms with Crippen LogP contribution in [-0.2, 0) is 21.0 Å². The number of hydrogen-bond donors (Lipinski definition) is 0. The van der Waals surface area contributed by atoms with Gasteiger partial charge in [0.2, 0.25) is 0 Å². The molecule has 6 rings (SSSR count). The highest BCUT2D eigenvalue weighted by Crippen LogP contribution is 2.37. The maximum atomic E-state index is 6.16. The van der Waals surface area contributed by atoms with Crippen LogP contribution in [0.5, 0.6) is 0 Å². The minimum Gasteiger partial charge on any atom is -0.496 e. The largest absolute Gasteiger partial charge is 0.496 e. The zero-order valence-electron chi connectivity index (χ0n) is 36.0. The summed E-state index contributed by atoms with van der Waals surface area (Å²) in [4.78, 5) is 10.6. The fourth-order valence-electron chi connectivity index (χ4n) is 6.78. The first kappa shape index (κ1) is 40.4. The van der Waals surface area contributed by atoms with Crippen molar-refractivity contribution >= 4 is 33.5 Å². The number of allylic oxidation sites excluding steroid dienone is 3. The molecule has 0 saturated carbocycles. The van der Waals surface area contributed by atoms with Gasteiger partial charge in [0, 0.05) is 28.0 Å². The van der Waals surface area contributed by atoms with E-state index in [1.165, 1.54) is 27.8 Å². The molecule has 0 amide bonds. The fourth-order valence-corrected chi connectivity index (χ4v) is 6.78. The molecule has 0 fully saturated rings. The van der Waals surface area contributed by atoms with E-state index in [1.807, 2.05) is 6.08 Å². The molecule has 0 aliphatic rings. The van der Waals surface area contributed by atoms with Crippen LogP contribution in [0.3, 0.4) is 0 Å². The molecule has 3 heteroatoms.